The van der Waals surface area contributed by atoms with Crippen LogP contribution in [0.25, 0.3) is 0 Å². The first-order valence-corrected chi connectivity index (χ1v) is 14.3. The molecule has 2 atom stereocenters. The summed E-state index contributed by atoms with van der Waals surface area (Å²) in [5.74, 6) is -1.32. The number of carbonyl (C=O) groups is 2. The number of sulfonamides is 1. The smallest absolute Gasteiger partial charge is 0.239 e. The zero-order valence-corrected chi connectivity index (χ0v) is 20.7. The van der Waals surface area contributed by atoms with E-state index in [1.165, 1.54) is 18.2 Å². The average molecular weight is 496 g/mol. The summed E-state index contributed by atoms with van der Waals surface area (Å²) in [6, 6.07) is 3.42. The number of likely N-dealkylation sites (tertiary alicyclic amines) is 1. The summed E-state index contributed by atoms with van der Waals surface area (Å²) in [6.45, 7) is 6.19. The molecule has 1 unspecified atom stereocenters. The van der Waals surface area contributed by atoms with Gasteiger partial charge in [-0.25, -0.2) is 16.8 Å². The van der Waals surface area contributed by atoms with Crippen LogP contribution in [0.1, 0.15) is 40.0 Å². The van der Waals surface area contributed by atoms with E-state index >= 15 is 0 Å². The van der Waals surface area contributed by atoms with Crippen LogP contribution in [0.3, 0.4) is 0 Å². The molecule has 0 radical (unpaired) electrons. The summed E-state index contributed by atoms with van der Waals surface area (Å²) in [7, 11) is -7.61. The molecule has 2 fully saturated rings. The van der Waals surface area contributed by atoms with Crippen molar-refractivity contribution in [3.05, 3.63) is 29.3 Å². The molecule has 2 aliphatic heterocycles. The molecule has 1 aromatic carbocycles. The van der Waals surface area contributed by atoms with Crippen molar-refractivity contribution in [2.75, 3.05) is 22.8 Å². The summed E-state index contributed by atoms with van der Waals surface area (Å²) in [5, 5.41) is 3.87. The third-order valence-corrected chi connectivity index (χ3v) is 8.28. The first kappa shape index (κ1) is 23.7. The lowest BCUT2D eigenvalue weighted by Gasteiger charge is -2.33. The molecule has 0 spiro atoms. The molecule has 1 amide bonds. The minimum atomic E-state index is -4.02. The SMILES string of the molecule is CC(C)(C)[C@H]1C(=O)C(C2=CS(=O)(=O)c3cc(NS(C)(=O)=O)ccc3N2)C(=O)N1CCC1CC1. The number of anilines is 2. The highest BCUT2D eigenvalue weighted by molar-refractivity contribution is 7.94. The van der Waals surface area contributed by atoms with Gasteiger partial charge < -0.3 is 10.2 Å². The molecular formula is C22H29N3O6S2. The van der Waals surface area contributed by atoms with Crippen molar-refractivity contribution < 1.29 is 26.4 Å². The molecule has 9 nitrogen and oxygen atoms in total. The van der Waals surface area contributed by atoms with Crippen LogP contribution in [0.4, 0.5) is 11.4 Å². The predicted molar refractivity (Wildman–Crippen MR) is 125 cm³/mol. The maximum atomic E-state index is 13.5. The first-order chi connectivity index (χ1) is 15.2. The number of Topliss-reactive ketones (excluding diaryl/α,β-unsaturated/α-hetero) is 1. The fraction of sp³-hybridized carbons (Fsp3) is 0.545. The van der Waals surface area contributed by atoms with E-state index in [0.29, 0.717) is 12.5 Å². The molecule has 1 saturated carbocycles. The lowest BCUT2D eigenvalue weighted by Crippen LogP contribution is -2.45. The molecule has 0 bridgehead atoms. The summed E-state index contributed by atoms with van der Waals surface area (Å²) < 4.78 is 51.3. The van der Waals surface area contributed by atoms with Gasteiger partial charge in [0.1, 0.15) is 5.92 Å². The Bertz CT molecular complexity index is 1260. The third-order valence-electron chi connectivity index (χ3n) is 6.15. The van der Waals surface area contributed by atoms with Crippen LogP contribution in [0.5, 0.6) is 0 Å². The van der Waals surface area contributed by atoms with Crippen molar-refractivity contribution in [3.8, 4) is 0 Å². The summed E-state index contributed by atoms with van der Waals surface area (Å²) >= 11 is 0. The number of rotatable bonds is 6. The second-order valence-corrected chi connectivity index (χ2v) is 13.7. The fourth-order valence-electron chi connectivity index (χ4n) is 4.57. The Labute approximate surface area is 194 Å². The molecule has 2 heterocycles. The zero-order chi connectivity index (χ0) is 24.3. The van der Waals surface area contributed by atoms with Gasteiger partial charge in [0, 0.05) is 17.9 Å². The average Bonchev–Trinajstić information content (AvgIpc) is 3.43. The molecule has 1 saturated heterocycles. The minimum Gasteiger partial charge on any atom is -0.356 e. The summed E-state index contributed by atoms with van der Waals surface area (Å²) in [5.41, 5.74) is -0.172. The quantitative estimate of drug-likeness (QED) is 0.580. The van der Waals surface area contributed by atoms with E-state index in [1.807, 2.05) is 20.8 Å². The van der Waals surface area contributed by atoms with Gasteiger partial charge in [0.25, 0.3) is 0 Å². The van der Waals surface area contributed by atoms with Crippen molar-refractivity contribution in [2.24, 2.45) is 17.3 Å². The second kappa shape index (κ2) is 7.83. The third kappa shape index (κ3) is 4.79. The molecule has 1 aliphatic carbocycles. The largest absolute Gasteiger partial charge is 0.356 e. The maximum Gasteiger partial charge on any atom is 0.239 e. The van der Waals surface area contributed by atoms with Gasteiger partial charge in [0.15, 0.2) is 5.78 Å². The van der Waals surface area contributed by atoms with Gasteiger partial charge in [-0.15, -0.1) is 0 Å². The summed E-state index contributed by atoms with van der Waals surface area (Å²) in [6.07, 6.45) is 4.08. The van der Waals surface area contributed by atoms with Crippen LogP contribution < -0.4 is 10.0 Å². The van der Waals surface area contributed by atoms with Gasteiger partial charge in [0.05, 0.1) is 28.3 Å². The van der Waals surface area contributed by atoms with Gasteiger partial charge in [-0.3, -0.25) is 14.3 Å². The molecule has 180 valence electrons. The van der Waals surface area contributed by atoms with Crippen LogP contribution in [-0.4, -0.2) is 52.3 Å². The molecule has 11 heteroatoms. The second-order valence-electron chi connectivity index (χ2n) is 10.2. The first-order valence-electron chi connectivity index (χ1n) is 10.9. The zero-order valence-electron chi connectivity index (χ0n) is 19.1. The van der Waals surface area contributed by atoms with Gasteiger partial charge in [-0.2, -0.15) is 0 Å². The number of sulfone groups is 1. The highest BCUT2D eigenvalue weighted by Crippen LogP contribution is 2.41. The number of benzene rings is 1. The number of ketones is 1. The van der Waals surface area contributed by atoms with E-state index in [9.17, 15) is 26.4 Å². The Morgan fingerprint density at radius 1 is 1.18 bits per heavy atom. The fourth-order valence-corrected chi connectivity index (χ4v) is 6.50. The lowest BCUT2D eigenvalue weighted by atomic mass is 9.82. The standard InChI is InChI=1S/C22H29N3O6S2/c1-22(2,3)20-19(26)18(21(27)25(20)10-9-13-5-6-13)16-12-33(30,31)17-11-14(24-32(4,28)29)7-8-15(17)23-16/h7-8,11-13,18,20,23-24H,5-6,9-10H2,1-4H3/t18?,20-/m1/s1. The number of nitrogens with one attached hydrogen (secondary N) is 2. The van der Waals surface area contributed by atoms with E-state index in [4.69, 9.17) is 0 Å². The van der Waals surface area contributed by atoms with E-state index in [2.05, 4.69) is 10.0 Å². The molecule has 2 N–H and O–H groups in total. The van der Waals surface area contributed by atoms with Gasteiger partial charge >= 0.3 is 0 Å². The number of hydrogen-bond donors (Lipinski definition) is 2. The highest BCUT2D eigenvalue weighted by Gasteiger charge is 2.53. The topological polar surface area (TPSA) is 130 Å². The maximum absolute atomic E-state index is 13.5. The monoisotopic (exact) mass is 495 g/mol. The van der Waals surface area contributed by atoms with Crippen LogP contribution >= 0.6 is 0 Å². The van der Waals surface area contributed by atoms with Gasteiger partial charge in [0.2, 0.25) is 25.8 Å². The Balaban J connectivity index is 1.68. The van der Waals surface area contributed by atoms with Gasteiger partial charge in [-0.05, 0) is 36.0 Å². The Morgan fingerprint density at radius 3 is 2.42 bits per heavy atom. The van der Waals surface area contributed by atoms with Crippen molar-refractivity contribution in [2.45, 2.75) is 51.0 Å². The van der Waals surface area contributed by atoms with E-state index in [-0.39, 0.29) is 33.7 Å². The van der Waals surface area contributed by atoms with Gasteiger partial charge in [-0.1, -0.05) is 33.6 Å². The Hall–Kier alpha value is -2.40. The number of nitrogens with zero attached hydrogens (tertiary/aromatic N) is 1. The predicted octanol–water partition coefficient (Wildman–Crippen LogP) is 2.34. The van der Waals surface area contributed by atoms with Crippen LogP contribution in [0.2, 0.25) is 0 Å². The number of amides is 1. The molecule has 33 heavy (non-hydrogen) atoms. The van der Waals surface area contributed by atoms with Crippen molar-refractivity contribution in [1.29, 1.82) is 0 Å². The van der Waals surface area contributed by atoms with E-state index < -0.39 is 37.2 Å². The summed E-state index contributed by atoms with van der Waals surface area (Å²) in [4.78, 5) is 28.3. The Morgan fingerprint density at radius 2 is 1.85 bits per heavy atom. The molecular weight excluding hydrogens is 466 g/mol. The number of carbonyl (C=O) groups excluding carboxylic acids is 2. The van der Waals surface area contributed by atoms with Crippen molar-refractivity contribution in [1.82, 2.24) is 4.90 Å². The van der Waals surface area contributed by atoms with Crippen LogP contribution in [0, 0.1) is 17.3 Å². The molecule has 1 aromatic rings. The minimum absolute atomic E-state index is 0.0319. The van der Waals surface area contributed by atoms with Crippen molar-refractivity contribution >= 4 is 42.9 Å². The van der Waals surface area contributed by atoms with Crippen LogP contribution in [0.15, 0.2) is 34.2 Å². The van der Waals surface area contributed by atoms with Crippen LogP contribution in [-0.2, 0) is 29.4 Å². The molecule has 4 rings (SSSR count). The van der Waals surface area contributed by atoms with Crippen molar-refractivity contribution in [3.63, 3.8) is 0 Å². The molecule has 0 aromatic heterocycles. The highest BCUT2D eigenvalue weighted by atomic mass is 32.2. The lowest BCUT2D eigenvalue weighted by molar-refractivity contribution is -0.132. The number of hydrogen-bond acceptors (Lipinski definition) is 7. The normalized spacial score (nSPS) is 24.8. The van der Waals surface area contributed by atoms with E-state index in [0.717, 1.165) is 30.9 Å². The van der Waals surface area contributed by atoms with E-state index in [1.54, 1.807) is 4.90 Å². The number of fused-ring (bicyclic) bond motifs is 1. The molecule has 3 aliphatic rings. The Kier molecular flexibility index (Phi) is 5.64.